The zero-order chi connectivity index (χ0) is 18.7. The van der Waals surface area contributed by atoms with E-state index in [1.54, 1.807) is 0 Å². The van der Waals surface area contributed by atoms with Gasteiger partial charge in [0.25, 0.3) is 0 Å². The minimum absolute atomic E-state index is 0.604. The molecule has 0 aliphatic carbocycles. The van der Waals surface area contributed by atoms with Crippen molar-refractivity contribution < 1.29 is 14.2 Å². The van der Waals surface area contributed by atoms with Gasteiger partial charge in [-0.3, -0.25) is 0 Å². The lowest BCUT2D eigenvalue weighted by Gasteiger charge is -2.39. The smallest absolute Gasteiger partial charge is 0.175 e. The molecule has 2 atom stereocenters. The van der Waals surface area contributed by atoms with Gasteiger partial charge in [-0.1, -0.05) is 56.1 Å². The maximum Gasteiger partial charge on any atom is 0.175 e. The SMILES string of the molecule is Brc1ccc(CC2(OC3(Cc4ccc(Br)cc4)CCCO3)CCCO2)cc1. The van der Waals surface area contributed by atoms with Crippen molar-refractivity contribution in [2.45, 2.75) is 50.1 Å². The van der Waals surface area contributed by atoms with Crippen LogP contribution in [0.5, 0.6) is 0 Å². The van der Waals surface area contributed by atoms with Gasteiger partial charge in [-0.2, -0.15) is 0 Å². The lowest BCUT2D eigenvalue weighted by atomic mass is 9.98. The highest BCUT2D eigenvalue weighted by molar-refractivity contribution is 9.10. The van der Waals surface area contributed by atoms with Crippen molar-refractivity contribution in [1.29, 1.82) is 0 Å². The third kappa shape index (κ3) is 4.83. The fourth-order valence-corrected chi connectivity index (χ4v) is 4.55. The molecule has 2 saturated heterocycles. The van der Waals surface area contributed by atoms with Crippen LogP contribution in [0.15, 0.2) is 57.5 Å². The Morgan fingerprint density at radius 2 is 1.11 bits per heavy atom. The van der Waals surface area contributed by atoms with E-state index in [4.69, 9.17) is 14.2 Å². The molecule has 2 aromatic rings. The van der Waals surface area contributed by atoms with Gasteiger partial charge >= 0.3 is 0 Å². The topological polar surface area (TPSA) is 27.7 Å². The number of rotatable bonds is 6. The first-order valence-electron chi connectivity index (χ1n) is 9.54. The summed E-state index contributed by atoms with van der Waals surface area (Å²) in [6.45, 7) is 1.48. The van der Waals surface area contributed by atoms with Crippen molar-refractivity contribution in [1.82, 2.24) is 0 Å². The molecule has 0 aromatic heterocycles. The second-order valence-electron chi connectivity index (χ2n) is 7.43. The third-order valence-corrected chi connectivity index (χ3v) is 6.34. The monoisotopic (exact) mass is 494 g/mol. The van der Waals surface area contributed by atoms with Crippen LogP contribution in [-0.2, 0) is 27.1 Å². The van der Waals surface area contributed by atoms with E-state index < -0.39 is 11.6 Å². The fourth-order valence-electron chi connectivity index (χ4n) is 4.02. The lowest BCUT2D eigenvalue weighted by Crippen LogP contribution is -2.47. The van der Waals surface area contributed by atoms with Crippen LogP contribution in [0.1, 0.15) is 36.8 Å². The third-order valence-electron chi connectivity index (χ3n) is 5.28. The van der Waals surface area contributed by atoms with Gasteiger partial charge in [-0.25, -0.2) is 0 Å². The van der Waals surface area contributed by atoms with Gasteiger partial charge in [-0.15, -0.1) is 0 Å². The molecule has 2 aromatic carbocycles. The number of ether oxygens (including phenoxy) is 3. The molecule has 0 spiro atoms. The van der Waals surface area contributed by atoms with Crippen LogP contribution in [0.3, 0.4) is 0 Å². The summed E-state index contributed by atoms with van der Waals surface area (Å²) in [6.07, 6.45) is 5.32. The Hall–Kier alpha value is -0.720. The molecule has 2 heterocycles. The van der Waals surface area contributed by atoms with Gasteiger partial charge in [0.1, 0.15) is 0 Å². The van der Waals surface area contributed by atoms with Crippen LogP contribution in [0, 0.1) is 0 Å². The molecule has 2 unspecified atom stereocenters. The summed E-state index contributed by atoms with van der Waals surface area (Å²) in [6, 6.07) is 16.8. The van der Waals surface area contributed by atoms with Crippen LogP contribution in [0.4, 0.5) is 0 Å². The zero-order valence-corrected chi connectivity index (χ0v) is 18.4. The second kappa shape index (κ2) is 8.34. The summed E-state index contributed by atoms with van der Waals surface area (Å²) in [4.78, 5) is 0. The second-order valence-corrected chi connectivity index (χ2v) is 9.27. The van der Waals surface area contributed by atoms with E-state index >= 15 is 0 Å². The lowest BCUT2D eigenvalue weighted by molar-refractivity contribution is -0.334. The highest BCUT2D eigenvalue weighted by Crippen LogP contribution is 2.41. The number of halogens is 2. The van der Waals surface area contributed by atoms with E-state index in [2.05, 4.69) is 80.4 Å². The summed E-state index contributed by atoms with van der Waals surface area (Å²) in [5.41, 5.74) is 2.44. The summed E-state index contributed by atoms with van der Waals surface area (Å²) in [5, 5.41) is 0. The van der Waals surface area contributed by atoms with E-state index in [1.165, 1.54) is 11.1 Å². The summed E-state index contributed by atoms with van der Waals surface area (Å²) in [7, 11) is 0. The zero-order valence-electron chi connectivity index (χ0n) is 15.3. The molecule has 2 aliphatic rings. The maximum atomic E-state index is 6.75. The predicted octanol–water partition coefficient (Wildman–Crippen LogP) is 6.03. The fraction of sp³-hybridized carbons (Fsp3) is 0.455. The van der Waals surface area contributed by atoms with Gasteiger partial charge in [0.05, 0.1) is 13.2 Å². The van der Waals surface area contributed by atoms with Gasteiger partial charge in [0, 0.05) is 34.6 Å². The molecular formula is C22H24Br2O3. The molecule has 3 nitrogen and oxygen atoms in total. The standard InChI is InChI=1S/C22H24Br2O3/c23-19-7-3-17(4-8-19)15-21(11-1-13-25-21)27-22(12-2-14-26-22)16-18-5-9-20(24)10-6-18/h3-10H,1-2,11-16H2. The van der Waals surface area contributed by atoms with E-state index in [-0.39, 0.29) is 0 Å². The molecule has 27 heavy (non-hydrogen) atoms. The molecule has 2 aliphatic heterocycles. The first-order valence-corrected chi connectivity index (χ1v) is 11.1. The van der Waals surface area contributed by atoms with Gasteiger partial charge in [0.2, 0.25) is 0 Å². The Morgan fingerprint density at radius 1 is 0.704 bits per heavy atom. The summed E-state index contributed by atoms with van der Waals surface area (Å²) in [5.74, 6) is -1.21. The van der Waals surface area contributed by atoms with E-state index in [9.17, 15) is 0 Å². The van der Waals surface area contributed by atoms with E-state index in [0.29, 0.717) is 0 Å². The Labute approximate surface area is 177 Å². The van der Waals surface area contributed by atoms with Crippen LogP contribution < -0.4 is 0 Å². The molecule has 0 saturated carbocycles. The predicted molar refractivity (Wildman–Crippen MR) is 113 cm³/mol. The van der Waals surface area contributed by atoms with Crippen LogP contribution >= 0.6 is 31.9 Å². The molecule has 144 valence electrons. The van der Waals surface area contributed by atoms with Gasteiger partial charge in [-0.05, 0) is 48.2 Å². The minimum Gasteiger partial charge on any atom is -0.349 e. The molecule has 0 amide bonds. The average Bonchev–Trinajstić information content (AvgIpc) is 3.30. The molecule has 0 N–H and O–H groups in total. The Morgan fingerprint density at radius 3 is 1.44 bits per heavy atom. The van der Waals surface area contributed by atoms with E-state index in [0.717, 1.165) is 60.7 Å². The summed E-state index contributed by atoms with van der Waals surface area (Å²) >= 11 is 7.01. The normalized spacial score (nSPS) is 27.9. The van der Waals surface area contributed by atoms with Gasteiger partial charge in [0.15, 0.2) is 11.6 Å². The highest BCUT2D eigenvalue weighted by atomic mass is 79.9. The quantitative estimate of drug-likeness (QED) is 0.489. The van der Waals surface area contributed by atoms with Gasteiger partial charge < -0.3 is 14.2 Å². The van der Waals surface area contributed by atoms with Crippen molar-refractivity contribution in [3.05, 3.63) is 68.6 Å². The largest absolute Gasteiger partial charge is 0.349 e. The molecule has 0 bridgehead atoms. The number of benzene rings is 2. The molecule has 0 radical (unpaired) electrons. The average molecular weight is 496 g/mol. The first kappa shape index (κ1) is 19.6. The summed E-state index contributed by atoms with van der Waals surface area (Å²) < 4.78 is 21.3. The van der Waals surface area contributed by atoms with Crippen molar-refractivity contribution in [2.75, 3.05) is 13.2 Å². The van der Waals surface area contributed by atoms with E-state index in [1.807, 2.05) is 0 Å². The molecule has 4 rings (SSSR count). The number of hydrogen-bond acceptors (Lipinski definition) is 3. The Balaban J connectivity index is 1.56. The van der Waals surface area contributed by atoms with Crippen molar-refractivity contribution in [2.24, 2.45) is 0 Å². The molecule has 5 heteroatoms. The van der Waals surface area contributed by atoms with Crippen LogP contribution in [0.25, 0.3) is 0 Å². The number of hydrogen-bond donors (Lipinski definition) is 0. The molecular weight excluding hydrogens is 472 g/mol. The first-order chi connectivity index (χ1) is 13.1. The minimum atomic E-state index is -0.604. The van der Waals surface area contributed by atoms with Crippen molar-refractivity contribution in [3.63, 3.8) is 0 Å². The highest BCUT2D eigenvalue weighted by Gasteiger charge is 2.47. The molecule has 2 fully saturated rings. The Kier molecular flexibility index (Phi) is 6.05. The Bertz CT molecular complexity index is 681. The van der Waals surface area contributed by atoms with Crippen molar-refractivity contribution in [3.8, 4) is 0 Å². The van der Waals surface area contributed by atoms with Crippen LogP contribution in [0.2, 0.25) is 0 Å². The van der Waals surface area contributed by atoms with Crippen molar-refractivity contribution >= 4 is 31.9 Å². The maximum absolute atomic E-state index is 6.75. The van der Waals surface area contributed by atoms with Crippen LogP contribution in [-0.4, -0.2) is 24.8 Å².